The van der Waals surface area contributed by atoms with E-state index in [0.29, 0.717) is 21.9 Å². The first-order valence-electron chi connectivity index (χ1n) is 10.4. The molecule has 2 aromatic carbocycles. The van der Waals surface area contributed by atoms with Crippen molar-refractivity contribution in [3.05, 3.63) is 64.7 Å². The van der Waals surface area contributed by atoms with Gasteiger partial charge < -0.3 is 19.7 Å². The van der Waals surface area contributed by atoms with E-state index < -0.39 is 35.7 Å². The fourth-order valence-corrected chi connectivity index (χ4v) is 3.44. The summed E-state index contributed by atoms with van der Waals surface area (Å²) in [5.41, 5.74) is -0.0366. The van der Waals surface area contributed by atoms with Crippen molar-refractivity contribution in [2.24, 2.45) is 0 Å². The lowest BCUT2D eigenvalue weighted by atomic mass is 9.95. The van der Waals surface area contributed by atoms with Gasteiger partial charge in [-0.3, -0.25) is 4.90 Å². The van der Waals surface area contributed by atoms with Crippen LogP contribution >= 0.6 is 11.6 Å². The molecule has 1 unspecified atom stereocenters. The normalized spacial score (nSPS) is 13.6. The lowest BCUT2D eigenvalue weighted by Gasteiger charge is -2.37. The van der Waals surface area contributed by atoms with Gasteiger partial charge in [0.05, 0.1) is 13.2 Å². The fraction of sp³-hybridized carbons (Fsp3) is 0.417. The van der Waals surface area contributed by atoms with E-state index in [0.717, 1.165) is 4.90 Å². The van der Waals surface area contributed by atoms with Crippen LogP contribution in [0, 0.1) is 0 Å². The summed E-state index contributed by atoms with van der Waals surface area (Å²) in [4.78, 5) is 25.3. The van der Waals surface area contributed by atoms with Gasteiger partial charge in [0.25, 0.3) is 0 Å². The second-order valence-electron chi connectivity index (χ2n) is 8.73. The summed E-state index contributed by atoms with van der Waals surface area (Å²) < 4.78 is 39.5. The zero-order valence-electron chi connectivity index (χ0n) is 19.3. The van der Waals surface area contributed by atoms with Gasteiger partial charge in [-0.05, 0) is 62.6 Å². The number of hydrogen-bond donors (Lipinski definition) is 2. The molecule has 0 aliphatic carbocycles. The van der Waals surface area contributed by atoms with Crippen molar-refractivity contribution in [2.45, 2.75) is 57.4 Å². The Kier molecular flexibility index (Phi) is 8.85. The van der Waals surface area contributed by atoms with Crippen LogP contribution in [0.2, 0.25) is 5.02 Å². The first-order chi connectivity index (χ1) is 15.7. The van der Waals surface area contributed by atoms with E-state index >= 15 is 0 Å². The number of aliphatic hydroxyl groups excluding tert-OH is 1. The van der Waals surface area contributed by atoms with Crippen LogP contribution in [0.3, 0.4) is 0 Å². The maximum absolute atomic E-state index is 14.5. The molecule has 186 valence electrons. The second kappa shape index (κ2) is 11.0. The molecule has 2 aromatic rings. The van der Waals surface area contributed by atoms with Crippen LogP contribution in [0.15, 0.2) is 48.5 Å². The Bertz CT molecular complexity index is 994. The van der Waals surface area contributed by atoms with Crippen molar-refractivity contribution in [1.29, 1.82) is 0 Å². The molecule has 2 rings (SSSR count). The number of hydrogen-bond acceptors (Lipinski definition) is 5. The Labute approximate surface area is 201 Å². The van der Waals surface area contributed by atoms with Crippen LogP contribution in [-0.2, 0) is 22.5 Å². The van der Waals surface area contributed by atoms with Gasteiger partial charge >= 0.3 is 18.0 Å². The van der Waals surface area contributed by atoms with Gasteiger partial charge in [-0.25, -0.2) is 9.59 Å². The lowest BCUT2D eigenvalue weighted by Crippen LogP contribution is -2.57. The summed E-state index contributed by atoms with van der Waals surface area (Å²) in [5, 5.41) is 19.9. The molecule has 0 heterocycles. The van der Waals surface area contributed by atoms with Crippen molar-refractivity contribution < 1.29 is 38.1 Å². The molecule has 0 aliphatic heterocycles. The minimum atomic E-state index is -4.54. The molecule has 0 saturated carbocycles. The topological polar surface area (TPSA) is 96.3 Å². The molecule has 2 atom stereocenters. The van der Waals surface area contributed by atoms with Crippen molar-refractivity contribution in [1.82, 2.24) is 4.90 Å². The summed E-state index contributed by atoms with van der Waals surface area (Å²) in [6.07, 6.45) is -4.04. The molecule has 0 spiro atoms. The fourth-order valence-electron chi connectivity index (χ4n) is 3.23. The highest BCUT2D eigenvalue weighted by Crippen LogP contribution is 2.29. The number of carbonyl (C=O) groups excluding carboxylic acids is 1. The minimum Gasteiger partial charge on any atom is -0.497 e. The highest BCUT2D eigenvalue weighted by Gasteiger charge is 2.53. The SMILES string of the molecule is COc1ccc(CN(C(=O)OC(C)(C)C)[C@@H](Cc2cccc(Cl)c2)C(O)C(F)(F)C(=O)O)cc1. The molecule has 0 aliphatic rings. The van der Waals surface area contributed by atoms with Crippen LogP contribution in [0.25, 0.3) is 0 Å². The number of nitrogens with zero attached hydrogens (tertiary/aromatic N) is 1. The van der Waals surface area contributed by atoms with Gasteiger partial charge in [0.2, 0.25) is 0 Å². The van der Waals surface area contributed by atoms with Crippen molar-refractivity contribution >= 4 is 23.7 Å². The molecule has 7 nitrogen and oxygen atoms in total. The standard InChI is InChI=1S/C24H28ClF2NO6/c1-23(2,3)34-22(32)28(14-15-8-10-18(33-4)11-9-15)19(20(29)24(26,27)21(30)31)13-16-6-5-7-17(25)12-16/h5-12,19-20,29H,13-14H2,1-4H3,(H,30,31)/t19-,20?/m0/s1. The van der Waals surface area contributed by atoms with Gasteiger partial charge in [-0.2, -0.15) is 8.78 Å². The number of carboxylic acids is 1. The van der Waals surface area contributed by atoms with E-state index in [2.05, 4.69) is 0 Å². The molecule has 1 amide bonds. The van der Waals surface area contributed by atoms with Crippen LogP contribution in [0.5, 0.6) is 5.75 Å². The quantitative estimate of drug-likeness (QED) is 0.515. The van der Waals surface area contributed by atoms with Crippen molar-refractivity contribution in [3.8, 4) is 5.75 Å². The van der Waals surface area contributed by atoms with Crippen LogP contribution in [-0.4, -0.2) is 58.0 Å². The Hall–Kier alpha value is -2.91. The number of methoxy groups -OCH3 is 1. The predicted octanol–water partition coefficient (Wildman–Crippen LogP) is 4.78. The third-order valence-corrected chi connectivity index (χ3v) is 5.13. The lowest BCUT2D eigenvalue weighted by molar-refractivity contribution is -0.189. The smallest absolute Gasteiger partial charge is 0.410 e. The molecule has 34 heavy (non-hydrogen) atoms. The number of halogens is 3. The average molecular weight is 500 g/mol. The number of ether oxygens (including phenoxy) is 2. The zero-order valence-corrected chi connectivity index (χ0v) is 20.1. The summed E-state index contributed by atoms with van der Waals surface area (Å²) in [6, 6.07) is 11.0. The monoisotopic (exact) mass is 499 g/mol. The Balaban J connectivity index is 2.55. The second-order valence-corrected chi connectivity index (χ2v) is 9.17. The van der Waals surface area contributed by atoms with Crippen LogP contribution in [0.4, 0.5) is 13.6 Å². The Morgan fingerprint density at radius 1 is 1.09 bits per heavy atom. The number of aliphatic carboxylic acids is 1. The molecular formula is C24H28ClF2NO6. The van der Waals surface area contributed by atoms with Gasteiger partial charge in [-0.15, -0.1) is 0 Å². The summed E-state index contributed by atoms with van der Waals surface area (Å²) in [5.74, 6) is -6.51. The molecule has 0 aromatic heterocycles. The van der Waals surface area contributed by atoms with Crippen molar-refractivity contribution in [3.63, 3.8) is 0 Å². The van der Waals surface area contributed by atoms with Gasteiger partial charge in [-0.1, -0.05) is 35.9 Å². The molecule has 0 bridgehead atoms. The van der Waals surface area contributed by atoms with Gasteiger partial charge in [0.15, 0.2) is 0 Å². The third-order valence-electron chi connectivity index (χ3n) is 4.90. The largest absolute Gasteiger partial charge is 0.497 e. The molecule has 2 N–H and O–H groups in total. The number of rotatable bonds is 9. The number of alkyl halides is 2. The maximum Gasteiger partial charge on any atom is 0.410 e. The number of aliphatic hydroxyl groups is 1. The molecule has 0 fully saturated rings. The summed E-state index contributed by atoms with van der Waals surface area (Å²) in [7, 11) is 1.48. The predicted molar refractivity (Wildman–Crippen MR) is 122 cm³/mol. The first-order valence-corrected chi connectivity index (χ1v) is 10.8. The average Bonchev–Trinajstić information content (AvgIpc) is 2.74. The van der Waals surface area contributed by atoms with Crippen molar-refractivity contribution in [2.75, 3.05) is 7.11 Å². The molecular weight excluding hydrogens is 472 g/mol. The van der Waals surface area contributed by atoms with E-state index in [1.54, 1.807) is 63.2 Å². The highest BCUT2D eigenvalue weighted by atomic mass is 35.5. The molecule has 0 saturated heterocycles. The van der Waals surface area contributed by atoms with Gasteiger partial charge in [0.1, 0.15) is 17.5 Å². The van der Waals surface area contributed by atoms with Crippen LogP contribution < -0.4 is 4.74 Å². The Morgan fingerprint density at radius 3 is 2.21 bits per heavy atom. The molecule has 0 radical (unpaired) electrons. The maximum atomic E-state index is 14.5. The van der Waals surface area contributed by atoms with E-state index in [4.69, 9.17) is 26.2 Å². The molecule has 10 heteroatoms. The van der Waals surface area contributed by atoms with E-state index in [1.165, 1.54) is 13.2 Å². The van der Waals surface area contributed by atoms with Crippen LogP contribution in [0.1, 0.15) is 31.9 Å². The number of carbonyl (C=O) groups is 2. The first kappa shape index (κ1) is 27.3. The Morgan fingerprint density at radius 2 is 1.71 bits per heavy atom. The van der Waals surface area contributed by atoms with E-state index in [1.807, 2.05) is 0 Å². The van der Waals surface area contributed by atoms with E-state index in [-0.39, 0.29) is 13.0 Å². The number of amides is 1. The number of carboxylic acid groups (broad SMARTS) is 1. The third kappa shape index (κ3) is 7.30. The summed E-state index contributed by atoms with van der Waals surface area (Å²) in [6.45, 7) is 4.57. The van der Waals surface area contributed by atoms with Gasteiger partial charge in [0, 0.05) is 11.6 Å². The van der Waals surface area contributed by atoms with E-state index in [9.17, 15) is 23.5 Å². The summed E-state index contributed by atoms with van der Waals surface area (Å²) >= 11 is 6.01. The number of benzene rings is 2. The highest BCUT2D eigenvalue weighted by molar-refractivity contribution is 6.30. The minimum absolute atomic E-state index is 0.239. The zero-order chi connectivity index (χ0) is 25.7.